The average Bonchev–Trinajstić information content (AvgIpc) is 3.75. The van der Waals surface area contributed by atoms with Crippen molar-refractivity contribution >= 4 is 16.7 Å². The second kappa shape index (κ2) is 14.0. The molecule has 1 aromatic heterocycles. The van der Waals surface area contributed by atoms with E-state index in [1.165, 1.54) is 12.1 Å². The van der Waals surface area contributed by atoms with E-state index in [4.69, 9.17) is 14.2 Å². The van der Waals surface area contributed by atoms with Gasteiger partial charge in [0.25, 0.3) is 0 Å². The summed E-state index contributed by atoms with van der Waals surface area (Å²) in [5.74, 6) is -0.982. The van der Waals surface area contributed by atoms with E-state index in [2.05, 4.69) is 4.74 Å². The van der Waals surface area contributed by atoms with Gasteiger partial charge in [0.1, 0.15) is 17.4 Å². The summed E-state index contributed by atoms with van der Waals surface area (Å²) in [7, 11) is 0. The van der Waals surface area contributed by atoms with Gasteiger partial charge in [0.15, 0.2) is 5.76 Å². The Morgan fingerprint density at radius 3 is 2.31 bits per heavy atom. The first kappa shape index (κ1) is 35.0. The minimum atomic E-state index is -3.72. The van der Waals surface area contributed by atoms with Crippen molar-refractivity contribution in [1.29, 1.82) is 0 Å². The molecule has 2 aliphatic carbocycles. The maximum Gasteiger partial charge on any atom is 0.585 e. The molecule has 0 spiro atoms. The van der Waals surface area contributed by atoms with Crippen molar-refractivity contribution in [1.82, 2.24) is 4.57 Å². The minimum Gasteiger partial charge on any atom is -0.400 e. The third-order valence-corrected chi connectivity index (χ3v) is 10.2. The first-order chi connectivity index (χ1) is 24.4. The Hall–Kier alpha value is -4.38. The average molecular weight is 702 g/mol. The second-order valence-corrected chi connectivity index (χ2v) is 14.5. The van der Waals surface area contributed by atoms with Crippen LogP contribution in [-0.2, 0) is 55.3 Å². The number of allylic oxidation sites excluding steroid dienone is 3. The smallest absolute Gasteiger partial charge is 0.400 e. The summed E-state index contributed by atoms with van der Waals surface area (Å²) in [5.41, 5.74) is 2.44. The van der Waals surface area contributed by atoms with Crippen LogP contribution in [0.15, 0.2) is 103 Å². The van der Waals surface area contributed by atoms with Gasteiger partial charge in [0.2, 0.25) is 0 Å². The highest BCUT2D eigenvalue weighted by Crippen LogP contribution is 2.58. The molecule has 10 heteroatoms. The van der Waals surface area contributed by atoms with Crippen molar-refractivity contribution < 1.29 is 42.0 Å². The lowest BCUT2D eigenvalue weighted by atomic mass is 9.78. The zero-order valence-corrected chi connectivity index (χ0v) is 28.7. The molecule has 2 heterocycles. The number of carbonyl (C=O) groups is 1. The maximum atomic E-state index is 16.0. The fourth-order valence-electron chi connectivity index (χ4n) is 7.31. The SMILES string of the molecule is CC(C)(COCc1ccccc1)c1cc2cc(CC(=O)C3(C4C=CC5=C(C4)OC(F)(F)O5)CC3)c(F)cc2n1C[C@@H](O)COCc1ccccc1. The van der Waals surface area contributed by atoms with Crippen molar-refractivity contribution in [3.8, 4) is 0 Å². The summed E-state index contributed by atoms with van der Waals surface area (Å²) >= 11 is 0. The lowest BCUT2D eigenvalue weighted by Gasteiger charge is -2.28. The third-order valence-electron chi connectivity index (χ3n) is 10.2. The van der Waals surface area contributed by atoms with Crippen LogP contribution in [0.25, 0.3) is 10.9 Å². The highest BCUT2D eigenvalue weighted by atomic mass is 19.3. The van der Waals surface area contributed by atoms with Crippen molar-refractivity contribution in [2.45, 2.75) is 77.1 Å². The molecule has 268 valence electrons. The fourth-order valence-corrected chi connectivity index (χ4v) is 7.31. The van der Waals surface area contributed by atoms with Crippen LogP contribution in [0.2, 0.25) is 0 Å². The van der Waals surface area contributed by atoms with E-state index >= 15 is 4.39 Å². The van der Waals surface area contributed by atoms with Gasteiger partial charge in [0, 0.05) is 34.8 Å². The number of ketones is 1. The maximum absolute atomic E-state index is 16.0. The van der Waals surface area contributed by atoms with Crippen LogP contribution >= 0.6 is 0 Å². The Kier molecular flexibility index (Phi) is 9.60. The Bertz CT molecular complexity index is 1950. The van der Waals surface area contributed by atoms with Crippen LogP contribution < -0.4 is 0 Å². The molecule has 0 saturated heterocycles. The van der Waals surface area contributed by atoms with Gasteiger partial charge in [0.05, 0.1) is 44.6 Å². The number of aliphatic hydroxyl groups is 1. The van der Waals surface area contributed by atoms with E-state index in [9.17, 15) is 18.7 Å². The highest BCUT2D eigenvalue weighted by molar-refractivity contribution is 5.91. The molecular weight excluding hydrogens is 659 g/mol. The number of carbonyl (C=O) groups excluding carboxylic acids is 1. The molecule has 0 amide bonds. The number of Topliss-reactive ketones (excluding diaryl/α,β-unsaturated/α-hetero) is 1. The normalized spacial score (nSPS) is 19.5. The van der Waals surface area contributed by atoms with E-state index in [0.29, 0.717) is 38.2 Å². The standard InChI is InChI=1S/C41H42F3NO6/c1-39(2,26-49-24-28-11-7-4-8-12-28)37-18-30-17-29(19-38(47)40(15-16-40)31-13-14-35-36(20-31)51-41(43,44)50-35)33(42)21-34(30)45(37)22-32(46)25-48-23-27-9-5-3-6-10-27/h3-14,17-18,21,31-32,46H,15-16,19-20,22-26H2,1-2H3/t31?,32-/m1/s1. The predicted octanol–water partition coefficient (Wildman–Crippen LogP) is 8.13. The summed E-state index contributed by atoms with van der Waals surface area (Å²) < 4.78 is 66.5. The summed E-state index contributed by atoms with van der Waals surface area (Å²) in [4.78, 5) is 13.8. The van der Waals surface area contributed by atoms with Crippen LogP contribution in [0.3, 0.4) is 0 Å². The fraction of sp³-hybridized carbons (Fsp3) is 0.390. The van der Waals surface area contributed by atoms with Gasteiger partial charge in [-0.15, -0.1) is 8.78 Å². The Labute approximate surface area is 295 Å². The molecule has 2 atom stereocenters. The molecule has 7 nitrogen and oxygen atoms in total. The summed E-state index contributed by atoms with van der Waals surface area (Å²) in [6.45, 7) is 5.49. The number of halogens is 3. The van der Waals surface area contributed by atoms with E-state index in [1.54, 1.807) is 12.1 Å². The van der Waals surface area contributed by atoms with Crippen molar-refractivity contribution in [3.63, 3.8) is 0 Å². The van der Waals surface area contributed by atoms with Crippen molar-refractivity contribution in [2.24, 2.45) is 11.3 Å². The molecule has 1 aliphatic heterocycles. The van der Waals surface area contributed by atoms with E-state index in [1.807, 2.05) is 85.1 Å². The Morgan fingerprint density at radius 2 is 1.65 bits per heavy atom. The summed E-state index contributed by atoms with van der Waals surface area (Å²) in [6.07, 6.45) is -0.244. The van der Waals surface area contributed by atoms with E-state index < -0.39 is 29.0 Å². The van der Waals surface area contributed by atoms with Crippen LogP contribution in [0.4, 0.5) is 13.2 Å². The van der Waals surface area contributed by atoms with Gasteiger partial charge in [-0.1, -0.05) is 80.6 Å². The zero-order valence-electron chi connectivity index (χ0n) is 28.7. The number of hydrogen-bond acceptors (Lipinski definition) is 6. The van der Waals surface area contributed by atoms with E-state index in [-0.39, 0.29) is 54.8 Å². The third kappa shape index (κ3) is 7.64. The first-order valence-electron chi connectivity index (χ1n) is 17.4. The molecule has 0 bridgehead atoms. The molecule has 1 unspecified atom stereocenters. The molecule has 3 aliphatic rings. The topological polar surface area (TPSA) is 79.2 Å². The lowest BCUT2D eigenvalue weighted by Crippen LogP contribution is -2.30. The van der Waals surface area contributed by atoms with Gasteiger partial charge in [-0.25, -0.2) is 4.39 Å². The number of benzene rings is 3. The van der Waals surface area contributed by atoms with Crippen LogP contribution in [0, 0.1) is 17.2 Å². The molecule has 3 aromatic carbocycles. The number of aliphatic hydroxyl groups excluding tert-OH is 1. The Morgan fingerprint density at radius 1 is 0.980 bits per heavy atom. The van der Waals surface area contributed by atoms with Crippen molar-refractivity contribution in [2.75, 3.05) is 13.2 Å². The van der Waals surface area contributed by atoms with Gasteiger partial charge in [-0.3, -0.25) is 4.79 Å². The van der Waals surface area contributed by atoms with E-state index in [0.717, 1.165) is 22.2 Å². The molecule has 4 aromatic rings. The monoisotopic (exact) mass is 701 g/mol. The van der Waals surface area contributed by atoms with Gasteiger partial charge in [-0.05, 0) is 59.7 Å². The summed E-state index contributed by atoms with van der Waals surface area (Å²) in [5, 5.41) is 11.9. The molecule has 7 rings (SSSR count). The molecule has 51 heavy (non-hydrogen) atoms. The highest BCUT2D eigenvalue weighted by Gasteiger charge is 2.56. The zero-order chi connectivity index (χ0) is 35.8. The number of hydrogen-bond donors (Lipinski definition) is 1. The van der Waals surface area contributed by atoms with Crippen molar-refractivity contribution in [3.05, 3.63) is 131 Å². The van der Waals surface area contributed by atoms with Gasteiger partial charge < -0.3 is 28.6 Å². The van der Waals surface area contributed by atoms with Crippen LogP contribution in [0.1, 0.15) is 55.5 Å². The number of aromatic nitrogens is 1. The molecule has 1 N–H and O–H groups in total. The molecule has 0 radical (unpaired) electrons. The lowest BCUT2D eigenvalue weighted by molar-refractivity contribution is -0.336. The number of rotatable bonds is 15. The molecule has 1 fully saturated rings. The number of ether oxygens (including phenoxy) is 4. The number of fused-ring (bicyclic) bond motifs is 1. The predicted molar refractivity (Wildman–Crippen MR) is 185 cm³/mol. The van der Waals surface area contributed by atoms with Crippen LogP contribution in [0.5, 0.6) is 0 Å². The Balaban J connectivity index is 1.11. The number of alkyl halides is 2. The largest absolute Gasteiger partial charge is 0.585 e. The first-order valence-corrected chi connectivity index (χ1v) is 17.4. The van der Waals surface area contributed by atoms with Gasteiger partial charge >= 0.3 is 6.29 Å². The van der Waals surface area contributed by atoms with Gasteiger partial charge in [-0.2, -0.15) is 0 Å². The quantitative estimate of drug-likeness (QED) is 0.135. The second-order valence-electron chi connectivity index (χ2n) is 14.5. The molecule has 1 saturated carbocycles. The number of nitrogens with zero attached hydrogens (tertiary/aromatic N) is 1. The summed E-state index contributed by atoms with van der Waals surface area (Å²) in [6, 6.07) is 24.7. The van der Waals surface area contributed by atoms with Crippen LogP contribution in [-0.4, -0.2) is 41.1 Å². The molecular formula is C41H42F3NO6. The minimum absolute atomic E-state index is 0.0161.